The van der Waals surface area contributed by atoms with Crippen LogP contribution in [-0.2, 0) is 9.53 Å². The average Bonchev–Trinajstić information content (AvgIpc) is 2.27. The van der Waals surface area contributed by atoms with Gasteiger partial charge < -0.3 is 10.1 Å². The van der Waals surface area contributed by atoms with E-state index in [2.05, 4.69) is 12.2 Å². The predicted molar refractivity (Wildman–Crippen MR) is 62.8 cm³/mol. The molecule has 0 spiro atoms. The molecule has 3 heteroatoms. The van der Waals surface area contributed by atoms with Gasteiger partial charge in [0.1, 0.15) is 0 Å². The van der Waals surface area contributed by atoms with Crippen LogP contribution in [-0.4, -0.2) is 26.2 Å². The molecule has 1 atom stereocenters. The third-order valence-electron chi connectivity index (χ3n) is 2.57. The highest BCUT2D eigenvalue weighted by Gasteiger charge is 2.14. The second-order valence-electron chi connectivity index (χ2n) is 3.85. The van der Waals surface area contributed by atoms with Crippen LogP contribution in [0.5, 0.6) is 0 Å². The normalized spacial score (nSPS) is 12.5. The minimum absolute atomic E-state index is 0.0150. The molecule has 0 rings (SSSR count). The zero-order valence-electron chi connectivity index (χ0n) is 10.3. The quantitative estimate of drug-likeness (QED) is 0.600. The first-order valence-electron chi connectivity index (χ1n) is 6.05. The molecule has 1 unspecified atom stereocenters. The number of carbonyl (C=O) groups excluding carboxylic acids is 1. The predicted octanol–water partition coefficient (Wildman–Crippen LogP) is 2.36. The number of rotatable bonds is 9. The molecule has 0 heterocycles. The van der Waals surface area contributed by atoms with Crippen LogP contribution in [0.15, 0.2) is 0 Å². The van der Waals surface area contributed by atoms with Crippen molar-refractivity contribution < 1.29 is 9.53 Å². The fourth-order valence-corrected chi connectivity index (χ4v) is 1.44. The lowest BCUT2D eigenvalue weighted by atomic mass is 10.1. The lowest BCUT2D eigenvalue weighted by molar-refractivity contribution is -0.126. The summed E-state index contributed by atoms with van der Waals surface area (Å²) in [6.07, 6.45) is 5.70. The van der Waals surface area contributed by atoms with Gasteiger partial charge in [-0.15, -0.1) is 0 Å². The molecular formula is C12H25NO2. The number of ether oxygens (including phenoxy) is 1. The molecule has 0 saturated carbocycles. The van der Waals surface area contributed by atoms with E-state index < -0.39 is 0 Å². The Bertz CT molecular complexity index is 160. The maximum atomic E-state index is 11.3. The van der Waals surface area contributed by atoms with Crippen molar-refractivity contribution in [3.05, 3.63) is 0 Å². The number of carbonyl (C=O) groups is 1. The van der Waals surface area contributed by atoms with Crippen LogP contribution in [0.25, 0.3) is 0 Å². The van der Waals surface area contributed by atoms with E-state index in [-0.39, 0.29) is 11.8 Å². The molecule has 0 fully saturated rings. The molecule has 0 aromatic carbocycles. The topological polar surface area (TPSA) is 38.3 Å². The zero-order chi connectivity index (χ0) is 11.5. The Hall–Kier alpha value is -0.570. The first-order chi connectivity index (χ1) is 7.26. The van der Waals surface area contributed by atoms with Crippen molar-refractivity contribution in [2.45, 2.75) is 46.0 Å². The molecule has 1 N–H and O–H groups in total. The number of unbranched alkanes of at least 4 members (excludes halogenated alkanes) is 3. The zero-order valence-corrected chi connectivity index (χ0v) is 10.3. The van der Waals surface area contributed by atoms with Gasteiger partial charge in [-0.2, -0.15) is 0 Å². The van der Waals surface area contributed by atoms with Gasteiger partial charge >= 0.3 is 0 Å². The summed E-state index contributed by atoms with van der Waals surface area (Å²) in [5.41, 5.74) is 0. The van der Waals surface area contributed by atoms with E-state index >= 15 is 0 Å². The van der Waals surface area contributed by atoms with Crippen molar-refractivity contribution in [3.8, 4) is 0 Å². The molecule has 0 aliphatic rings. The van der Waals surface area contributed by atoms with E-state index in [1.165, 1.54) is 19.3 Å². The average molecular weight is 215 g/mol. The van der Waals surface area contributed by atoms with Crippen molar-refractivity contribution in [2.24, 2.45) is 5.92 Å². The summed E-state index contributed by atoms with van der Waals surface area (Å²) in [7, 11) is 1.67. The highest BCUT2D eigenvalue weighted by atomic mass is 16.5. The van der Waals surface area contributed by atoms with E-state index in [0.29, 0.717) is 6.61 Å². The smallest absolute Gasteiger partial charge is 0.225 e. The van der Waals surface area contributed by atoms with Crippen LogP contribution in [0.4, 0.5) is 0 Å². The Kier molecular flexibility index (Phi) is 9.59. The monoisotopic (exact) mass is 215 g/mol. The van der Waals surface area contributed by atoms with E-state index in [1.807, 2.05) is 6.92 Å². The van der Waals surface area contributed by atoms with Crippen molar-refractivity contribution >= 4 is 5.91 Å². The second kappa shape index (κ2) is 9.97. The highest BCUT2D eigenvalue weighted by Crippen LogP contribution is 2.05. The standard InChI is InChI=1S/C12H25NO2/c1-4-6-7-8-9-15-10-11(5-2)12(14)13-3/h11H,4-10H2,1-3H3,(H,13,14). The Balaban J connectivity index is 3.42. The first kappa shape index (κ1) is 14.4. The molecule has 0 aromatic rings. The van der Waals surface area contributed by atoms with Gasteiger partial charge in [0.25, 0.3) is 0 Å². The maximum absolute atomic E-state index is 11.3. The molecule has 0 aliphatic carbocycles. The minimum atomic E-state index is 0.0150. The van der Waals surface area contributed by atoms with Gasteiger partial charge in [-0.1, -0.05) is 33.1 Å². The Morgan fingerprint density at radius 3 is 2.53 bits per heavy atom. The van der Waals surface area contributed by atoms with Gasteiger partial charge in [0.05, 0.1) is 12.5 Å². The van der Waals surface area contributed by atoms with Crippen LogP contribution < -0.4 is 5.32 Å². The summed E-state index contributed by atoms with van der Waals surface area (Å²) < 4.78 is 5.50. The molecule has 0 radical (unpaired) electrons. The van der Waals surface area contributed by atoms with Crippen LogP contribution in [0.3, 0.4) is 0 Å². The van der Waals surface area contributed by atoms with Crippen molar-refractivity contribution in [2.75, 3.05) is 20.3 Å². The summed E-state index contributed by atoms with van der Waals surface area (Å²) in [6, 6.07) is 0. The van der Waals surface area contributed by atoms with Crippen LogP contribution in [0.1, 0.15) is 46.0 Å². The third-order valence-corrected chi connectivity index (χ3v) is 2.57. The van der Waals surface area contributed by atoms with Gasteiger partial charge in [-0.25, -0.2) is 0 Å². The molecule has 3 nitrogen and oxygen atoms in total. The summed E-state index contributed by atoms with van der Waals surface area (Å²) in [6.45, 7) is 5.55. The number of hydrogen-bond acceptors (Lipinski definition) is 2. The molecule has 0 aromatic heterocycles. The van der Waals surface area contributed by atoms with E-state index in [1.54, 1.807) is 7.05 Å². The van der Waals surface area contributed by atoms with Crippen molar-refractivity contribution in [1.29, 1.82) is 0 Å². The summed E-state index contributed by atoms with van der Waals surface area (Å²) in [4.78, 5) is 11.3. The second-order valence-corrected chi connectivity index (χ2v) is 3.85. The fraction of sp³-hybridized carbons (Fsp3) is 0.917. The van der Waals surface area contributed by atoms with E-state index in [9.17, 15) is 4.79 Å². The van der Waals surface area contributed by atoms with Gasteiger partial charge in [0.2, 0.25) is 5.91 Å². The number of amides is 1. The SMILES string of the molecule is CCCCCCOCC(CC)C(=O)NC. The lowest BCUT2D eigenvalue weighted by Gasteiger charge is -2.13. The number of nitrogens with one attached hydrogen (secondary N) is 1. The summed E-state index contributed by atoms with van der Waals surface area (Å²) >= 11 is 0. The van der Waals surface area contributed by atoms with Gasteiger partial charge in [0, 0.05) is 13.7 Å². The molecular weight excluding hydrogens is 190 g/mol. The minimum Gasteiger partial charge on any atom is -0.381 e. The molecule has 1 amide bonds. The largest absolute Gasteiger partial charge is 0.381 e. The van der Waals surface area contributed by atoms with Gasteiger partial charge in [-0.3, -0.25) is 4.79 Å². The Morgan fingerprint density at radius 1 is 1.27 bits per heavy atom. The molecule has 0 saturated heterocycles. The lowest BCUT2D eigenvalue weighted by Crippen LogP contribution is -2.30. The third kappa shape index (κ3) is 7.37. The van der Waals surface area contributed by atoms with E-state index in [0.717, 1.165) is 19.4 Å². The Labute approximate surface area is 93.6 Å². The molecule has 0 bridgehead atoms. The van der Waals surface area contributed by atoms with E-state index in [4.69, 9.17) is 4.74 Å². The van der Waals surface area contributed by atoms with Gasteiger partial charge in [0.15, 0.2) is 0 Å². The molecule has 90 valence electrons. The summed E-state index contributed by atoms with van der Waals surface area (Å²) in [5, 5.41) is 2.66. The highest BCUT2D eigenvalue weighted by molar-refractivity contribution is 5.78. The van der Waals surface area contributed by atoms with Crippen molar-refractivity contribution in [1.82, 2.24) is 5.32 Å². The maximum Gasteiger partial charge on any atom is 0.225 e. The van der Waals surface area contributed by atoms with Crippen LogP contribution >= 0.6 is 0 Å². The van der Waals surface area contributed by atoms with Crippen LogP contribution in [0, 0.1) is 5.92 Å². The van der Waals surface area contributed by atoms with Gasteiger partial charge in [-0.05, 0) is 12.8 Å². The van der Waals surface area contributed by atoms with Crippen LogP contribution in [0.2, 0.25) is 0 Å². The fourth-order valence-electron chi connectivity index (χ4n) is 1.44. The molecule has 0 aliphatic heterocycles. The first-order valence-corrected chi connectivity index (χ1v) is 6.05. The van der Waals surface area contributed by atoms with Crippen molar-refractivity contribution in [3.63, 3.8) is 0 Å². The molecule has 15 heavy (non-hydrogen) atoms. The number of hydrogen-bond donors (Lipinski definition) is 1. The Morgan fingerprint density at radius 2 is 2.00 bits per heavy atom. The summed E-state index contributed by atoms with van der Waals surface area (Å²) in [5.74, 6) is 0.104.